The van der Waals surface area contributed by atoms with Gasteiger partial charge < -0.3 is 24.8 Å². The molecule has 0 unspecified atom stereocenters. The SMILES string of the molecule is COc1ccc(NC(=O)[C@H]2NCCO[C@@H]2C)cc1OC. The summed E-state index contributed by atoms with van der Waals surface area (Å²) in [6.45, 7) is 3.18. The van der Waals surface area contributed by atoms with Crippen molar-refractivity contribution in [2.24, 2.45) is 0 Å². The van der Waals surface area contributed by atoms with Crippen LogP contribution in [0.4, 0.5) is 5.69 Å². The number of rotatable bonds is 4. The van der Waals surface area contributed by atoms with Gasteiger partial charge in [0.25, 0.3) is 0 Å². The summed E-state index contributed by atoms with van der Waals surface area (Å²) >= 11 is 0. The van der Waals surface area contributed by atoms with Crippen LogP contribution in [0, 0.1) is 0 Å². The largest absolute Gasteiger partial charge is 0.493 e. The molecule has 20 heavy (non-hydrogen) atoms. The zero-order valence-corrected chi connectivity index (χ0v) is 11.9. The highest BCUT2D eigenvalue weighted by molar-refractivity contribution is 5.95. The fraction of sp³-hybridized carbons (Fsp3) is 0.500. The predicted molar refractivity (Wildman–Crippen MR) is 75.4 cm³/mol. The van der Waals surface area contributed by atoms with E-state index < -0.39 is 0 Å². The molecule has 6 heteroatoms. The van der Waals surface area contributed by atoms with Crippen molar-refractivity contribution in [3.8, 4) is 11.5 Å². The zero-order chi connectivity index (χ0) is 14.5. The molecule has 2 N–H and O–H groups in total. The summed E-state index contributed by atoms with van der Waals surface area (Å²) in [5, 5.41) is 6.00. The standard InChI is InChI=1S/C14H20N2O4/c1-9-13(15-6-7-20-9)14(17)16-10-4-5-11(18-2)12(8-10)19-3/h4-5,8-9,13,15H,6-7H2,1-3H3,(H,16,17)/t9-,13+/m1/s1. The highest BCUT2D eigenvalue weighted by atomic mass is 16.5. The van der Waals surface area contributed by atoms with E-state index in [1.54, 1.807) is 32.4 Å². The Bertz CT molecular complexity index is 478. The molecule has 0 bridgehead atoms. The highest BCUT2D eigenvalue weighted by Gasteiger charge is 2.28. The summed E-state index contributed by atoms with van der Waals surface area (Å²) < 4.78 is 15.8. The summed E-state index contributed by atoms with van der Waals surface area (Å²) in [5.74, 6) is 1.08. The van der Waals surface area contributed by atoms with Crippen molar-refractivity contribution < 1.29 is 19.0 Å². The van der Waals surface area contributed by atoms with E-state index in [1.165, 1.54) is 0 Å². The van der Waals surface area contributed by atoms with Crippen molar-refractivity contribution in [3.05, 3.63) is 18.2 Å². The van der Waals surface area contributed by atoms with Gasteiger partial charge in [0.1, 0.15) is 6.04 Å². The number of hydrogen-bond donors (Lipinski definition) is 2. The van der Waals surface area contributed by atoms with E-state index in [0.717, 1.165) is 0 Å². The molecule has 0 radical (unpaired) electrons. The second-order valence-electron chi connectivity index (χ2n) is 4.57. The first kappa shape index (κ1) is 14.6. The van der Waals surface area contributed by atoms with Gasteiger partial charge in [0.05, 0.1) is 26.9 Å². The molecule has 1 aromatic carbocycles. The maximum absolute atomic E-state index is 12.2. The molecule has 0 saturated carbocycles. The number of amides is 1. The van der Waals surface area contributed by atoms with Crippen LogP contribution in [0.2, 0.25) is 0 Å². The van der Waals surface area contributed by atoms with Crippen LogP contribution in [0.25, 0.3) is 0 Å². The summed E-state index contributed by atoms with van der Waals surface area (Å²) in [6, 6.07) is 4.90. The minimum Gasteiger partial charge on any atom is -0.493 e. The van der Waals surface area contributed by atoms with Crippen LogP contribution < -0.4 is 20.1 Å². The molecule has 1 heterocycles. The lowest BCUT2D eigenvalue weighted by Gasteiger charge is -2.29. The molecular weight excluding hydrogens is 260 g/mol. The predicted octanol–water partition coefficient (Wildman–Crippen LogP) is 1.02. The monoisotopic (exact) mass is 280 g/mol. The Labute approximate surface area is 118 Å². The number of methoxy groups -OCH3 is 2. The number of hydrogen-bond acceptors (Lipinski definition) is 5. The summed E-state index contributed by atoms with van der Waals surface area (Å²) in [6.07, 6.45) is -0.149. The van der Waals surface area contributed by atoms with E-state index in [9.17, 15) is 4.79 Å². The Hall–Kier alpha value is -1.79. The number of benzene rings is 1. The summed E-state index contributed by atoms with van der Waals surface area (Å²) in [4.78, 5) is 12.2. The van der Waals surface area contributed by atoms with E-state index in [0.29, 0.717) is 30.3 Å². The van der Waals surface area contributed by atoms with Gasteiger partial charge in [-0.15, -0.1) is 0 Å². The maximum Gasteiger partial charge on any atom is 0.244 e. The molecule has 1 fully saturated rings. The Balaban J connectivity index is 2.07. The van der Waals surface area contributed by atoms with Crippen molar-refractivity contribution in [2.45, 2.75) is 19.1 Å². The lowest BCUT2D eigenvalue weighted by molar-refractivity contribution is -0.123. The Morgan fingerprint density at radius 2 is 2.10 bits per heavy atom. The number of morpholine rings is 1. The number of nitrogens with one attached hydrogen (secondary N) is 2. The van der Waals surface area contributed by atoms with Crippen LogP contribution in [0.3, 0.4) is 0 Å². The second-order valence-corrected chi connectivity index (χ2v) is 4.57. The summed E-state index contributed by atoms with van der Waals surface area (Å²) in [5.41, 5.74) is 0.659. The Kier molecular flexibility index (Phi) is 4.81. The molecule has 0 aliphatic carbocycles. The molecule has 2 atom stereocenters. The first-order valence-corrected chi connectivity index (χ1v) is 6.53. The van der Waals surface area contributed by atoms with Crippen LogP contribution in [-0.4, -0.2) is 45.4 Å². The molecule has 1 aliphatic rings. The van der Waals surface area contributed by atoms with Crippen LogP contribution >= 0.6 is 0 Å². The molecule has 110 valence electrons. The Morgan fingerprint density at radius 1 is 1.35 bits per heavy atom. The van der Waals surface area contributed by atoms with Crippen molar-refractivity contribution in [3.63, 3.8) is 0 Å². The molecule has 1 saturated heterocycles. The molecular formula is C14H20N2O4. The molecule has 1 amide bonds. The van der Waals surface area contributed by atoms with Gasteiger partial charge in [-0.1, -0.05) is 0 Å². The molecule has 1 aliphatic heterocycles. The zero-order valence-electron chi connectivity index (χ0n) is 11.9. The third kappa shape index (κ3) is 3.20. The molecule has 6 nitrogen and oxygen atoms in total. The van der Waals surface area contributed by atoms with E-state index in [2.05, 4.69) is 10.6 Å². The molecule has 0 aromatic heterocycles. The normalized spacial score (nSPS) is 22.1. The van der Waals surface area contributed by atoms with E-state index in [1.807, 2.05) is 6.92 Å². The van der Waals surface area contributed by atoms with Crippen molar-refractivity contribution in [1.29, 1.82) is 0 Å². The van der Waals surface area contributed by atoms with Crippen molar-refractivity contribution in [1.82, 2.24) is 5.32 Å². The fourth-order valence-electron chi connectivity index (χ4n) is 2.16. The molecule has 2 rings (SSSR count). The average Bonchev–Trinajstić information content (AvgIpc) is 2.47. The number of anilines is 1. The van der Waals surface area contributed by atoms with E-state index in [4.69, 9.17) is 14.2 Å². The van der Waals surface area contributed by atoms with Crippen molar-refractivity contribution >= 4 is 11.6 Å². The van der Waals surface area contributed by atoms with Gasteiger partial charge in [0.2, 0.25) is 5.91 Å². The quantitative estimate of drug-likeness (QED) is 0.862. The van der Waals surface area contributed by atoms with Gasteiger partial charge in [0, 0.05) is 18.3 Å². The third-order valence-electron chi connectivity index (χ3n) is 3.25. The van der Waals surface area contributed by atoms with Gasteiger partial charge >= 0.3 is 0 Å². The number of carbonyl (C=O) groups excluding carboxylic acids is 1. The molecule has 0 spiro atoms. The second kappa shape index (κ2) is 6.58. The third-order valence-corrected chi connectivity index (χ3v) is 3.25. The number of carbonyl (C=O) groups is 1. The minimum absolute atomic E-state index is 0.121. The first-order valence-electron chi connectivity index (χ1n) is 6.53. The smallest absolute Gasteiger partial charge is 0.244 e. The average molecular weight is 280 g/mol. The minimum atomic E-state index is -0.350. The van der Waals surface area contributed by atoms with E-state index >= 15 is 0 Å². The number of ether oxygens (including phenoxy) is 3. The van der Waals surface area contributed by atoms with Crippen LogP contribution in [0.1, 0.15) is 6.92 Å². The first-order chi connectivity index (χ1) is 9.65. The van der Waals surface area contributed by atoms with Gasteiger partial charge in [-0.05, 0) is 19.1 Å². The fourth-order valence-corrected chi connectivity index (χ4v) is 2.16. The van der Waals surface area contributed by atoms with Gasteiger partial charge in [-0.2, -0.15) is 0 Å². The maximum atomic E-state index is 12.2. The van der Waals surface area contributed by atoms with Crippen LogP contribution in [-0.2, 0) is 9.53 Å². The van der Waals surface area contributed by atoms with Gasteiger partial charge in [-0.25, -0.2) is 0 Å². The highest BCUT2D eigenvalue weighted by Crippen LogP contribution is 2.29. The Morgan fingerprint density at radius 3 is 2.75 bits per heavy atom. The van der Waals surface area contributed by atoms with Gasteiger partial charge in [0.15, 0.2) is 11.5 Å². The lowest BCUT2D eigenvalue weighted by Crippen LogP contribution is -2.53. The lowest BCUT2D eigenvalue weighted by atomic mass is 10.1. The van der Waals surface area contributed by atoms with Crippen molar-refractivity contribution in [2.75, 3.05) is 32.7 Å². The summed E-state index contributed by atoms with van der Waals surface area (Å²) in [7, 11) is 3.13. The van der Waals surface area contributed by atoms with Crippen LogP contribution in [0.15, 0.2) is 18.2 Å². The molecule has 1 aromatic rings. The van der Waals surface area contributed by atoms with E-state index in [-0.39, 0.29) is 18.1 Å². The van der Waals surface area contributed by atoms with Gasteiger partial charge in [-0.3, -0.25) is 4.79 Å². The van der Waals surface area contributed by atoms with Crippen LogP contribution in [0.5, 0.6) is 11.5 Å². The topological polar surface area (TPSA) is 68.8 Å².